The van der Waals surface area contributed by atoms with E-state index in [9.17, 15) is 5.11 Å². The highest BCUT2D eigenvalue weighted by Gasteiger charge is 2.07. The van der Waals surface area contributed by atoms with E-state index in [2.05, 4.69) is 13.8 Å². The fraction of sp³-hybridized carbons (Fsp3) is 1.00. The molecule has 0 fully saturated rings. The van der Waals surface area contributed by atoms with Crippen LogP contribution in [-0.2, 0) is 4.74 Å². The van der Waals surface area contributed by atoms with Crippen LogP contribution in [0.25, 0.3) is 0 Å². The molecular weight excluding hydrogens is 296 g/mol. The molecule has 1 atom stereocenters. The normalized spacial score (nSPS) is 12.6. The van der Waals surface area contributed by atoms with Gasteiger partial charge in [-0.1, -0.05) is 110 Å². The summed E-state index contributed by atoms with van der Waals surface area (Å²) in [6.07, 6.45) is 22.5. The molecule has 0 aliphatic heterocycles. The molecule has 0 amide bonds. The molecule has 0 spiro atoms. The first-order valence-electron chi connectivity index (χ1n) is 11.1. The van der Waals surface area contributed by atoms with Gasteiger partial charge in [-0.15, -0.1) is 0 Å². The van der Waals surface area contributed by atoms with E-state index in [4.69, 9.17) is 4.74 Å². The molecule has 0 radical (unpaired) electrons. The summed E-state index contributed by atoms with van der Waals surface area (Å²) in [5.41, 5.74) is 0. The third kappa shape index (κ3) is 18.3. The van der Waals surface area contributed by atoms with Crippen LogP contribution in [-0.4, -0.2) is 24.4 Å². The fourth-order valence-electron chi connectivity index (χ4n) is 3.22. The third-order valence-corrected chi connectivity index (χ3v) is 4.93. The molecule has 2 nitrogen and oxygen atoms in total. The molecule has 0 saturated heterocycles. The van der Waals surface area contributed by atoms with Crippen molar-refractivity contribution in [3.05, 3.63) is 0 Å². The zero-order valence-corrected chi connectivity index (χ0v) is 16.9. The number of aliphatic hydroxyl groups is 1. The molecule has 0 aromatic rings. The average molecular weight is 343 g/mol. The lowest BCUT2D eigenvalue weighted by molar-refractivity contribution is 0.00497. The summed E-state index contributed by atoms with van der Waals surface area (Å²) in [7, 11) is 0. The van der Waals surface area contributed by atoms with Gasteiger partial charge in [0.2, 0.25) is 0 Å². The van der Waals surface area contributed by atoms with Gasteiger partial charge in [0.15, 0.2) is 0 Å². The van der Waals surface area contributed by atoms with Crippen LogP contribution in [0.2, 0.25) is 0 Å². The number of aliphatic hydroxyl groups excluding tert-OH is 1. The van der Waals surface area contributed by atoms with E-state index in [0.717, 1.165) is 19.4 Å². The Morgan fingerprint density at radius 3 is 1.46 bits per heavy atom. The van der Waals surface area contributed by atoms with Gasteiger partial charge >= 0.3 is 0 Å². The Hall–Kier alpha value is -0.0800. The molecule has 2 heteroatoms. The Labute approximate surface area is 152 Å². The average Bonchev–Trinajstić information content (AvgIpc) is 2.60. The second-order valence-electron chi connectivity index (χ2n) is 7.41. The first kappa shape index (κ1) is 23.9. The molecule has 146 valence electrons. The number of hydrogen-bond acceptors (Lipinski definition) is 2. The zero-order chi connectivity index (χ0) is 17.7. The maximum atomic E-state index is 9.40. The van der Waals surface area contributed by atoms with Crippen molar-refractivity contribution in [2.75, 3.05) is 13.2 Å². The van der Waals surface area contributed by atoms with Crippen LogP contribution < -0.4 is 0 Å². The Morgan fingerprint density at radius 1 is 0.583 bits per heavy atom. The molecule has 0 aromatic heterocycles. The molecule has 0 saturated carbocycles. The van der Waals surface area contributed by atoms with Crippen LogP contribution in [0.4, 0.5) is 0 Å². The molecule has 1 N–H and O–H groups in total. The highest BCUT2D eigenvalue weighted by molar-refractivity contribution is 4.57. The van der Waals surface area contributed by atoms with E-state index in [1.54, 1.807) is 0 Å². The largest absolute Gasteiger partial charge is 0.394 e. The highest BCUT2D eigenvalue weighted by Crippen LogP contribution is 2.12. The van der Waals surface area contributed by atoms with Gasteiger partial charge in [0.25, 0.3) is 0 Å². The molecule has 0 aliphatic carbocycles. The van der Waals surface area contributed by atoms with E-state index in [0.29, 0.717) is 0 Å². The van der Waals surface area contributed by atoms with Crippen molar-refractivity contribution in [3.63, 3.8) is 0 Å². The van der Waals surface area contributed by atoms with Gasteiger partial charge in [0.05, 0.1) is 12.7 Å². The van der Waals surface area contributed by atoms with E-state index in [-0.39, 0.29) is 12.7 Å². The zero-order valence-electron chi connectivity index (χ0n) is 16.9. The number of rotatable bonds is 20. The summed E-state index contributed by atoms with van der Waals surface area (Å²) in [4.78, 5) is 0. The number of ether oxygens (including phenoxy) is 1. The Morgan fingerprint density at radius 2 is 1.00 bits per heavy atom. The fourth-order valence-corrected chi connectivity index (χ4v) is 3.22. The monoisotopic (exact) mass is 342 g/mol. The predicted molar refractivity (Wildman–Crippen MR) is 107 cm³/mol. The van der Waals surface area contributed by atoms with Crippen LogP contribution in [0, 0.1) is 0 Å². The molecule has 0 aliphatic rings. The lowest BCUT2D eigenvalue weighted by atomic mass is 10.1. The van der Waals surface area contributed by atoms with Crippen molar-refractivity contribution < 1.29 is 9.84 Å². The highest BCUT2D eigenvalue weighted by atomic mass is 16.5. The van der Waals surface area contributed by atoms with Crippen LogP contribution >= 0.6 is 0 Å². The lowest BCUT2D eigenvalue weighted by Crippen LogP contribution is -2.18. The summed E-state index contributed by atoms with van der Waals surface area (Å²) in [6.45, 7) is 5.55. The van der Waals surface area contributed by atoms with Crippen LogP contribution in [0.3, 0.4) is 0 Å². The first-order chi connectivity index (χ1) is 11.8. The molecule has 0 bridgehead atoms. The standard InChI is InChI=1S/C22H46O2/c1-3-5-7-9-11-12-13-14-16-18-20-24-22(21-23)19-17-15-10-8-6-4-2/h22-23H,3-21H2,1-2H3. The quantitative estimate of drug-likeness (QED) is 0.240. The first-order valence-corrected chi connectivity index (χ1v) is 11.1. The molecule has 1 unspecified atom stereocenters. The van der Waals surface area contributed by atoms with Gasteiger partial charge in [0.1, 0.15) is 0 Å². The Balaban J connectivity index is 3.25. The third-order valence-electron chi connectivity index (χ3n) is 4.93. The van der Waals surface area contributed by atoms with Gasteiger partial charge in [-0.3, -0.25) is 0 Å². The van der Waals surface area contributed by atoms with Crippen LogP contribution in [0.1, 0.15) is 123 Å². The molecule has 0 aromatic carbocycles. The van der Waals surface area contributed by atoms with E-state index >= 15 is 0 Å². The second-order valence-corrected chi connectivity index (χ2v) is 7.41. The predicted octanol–water partition coefficient (Wildman–Crippen LogP) is 7.04. The number of unbranched alkanes of at least 4 members (excludes halogenated alkanes) is 14. The molecule has 0 rings (SSSR count). The van der Waals surface area contributed by atoms with Crippen LogP contribution in [0.5, 0.6) is 0 Å². The Kier molecular flexibility index (Phi) is 20.9. The summed E-state index contributed by atoms with van der Waals surface area (Å²) >= 11 is 0. The van der Waals surface area contributed by atoms with E-state index in [1.807, 2.05) is 0 Å². The maximum absolute atomic E-state index is 9.40. The minimum atomic E-state index is 0.0785. The van der Waals surface area contributed by atoms with E-state index < -0.39 is 0 Å². The summed E-state index contributed by atoms with van der Waals surface area (Å²) in [5, 5.41) is 9.40. The van der Waals surface area contributed by atoms with Crippen molar-refractivity contribution in [1.82, 2.24) is 0 Å². The van der Waals surface area contributed by atoms with Crippen molar-refractivity contribution >= 4 is 0 Å². The summed E-state index contributed by atoms with van der Waals surface area (Å²) in [5.74, 6) is 0. The molecule has 0 heterocycles. The minimum absolute atomic E-state index is 0.0785. The van der Waals surface area contributed by atoms with Gasteiger partial charge in [-0.25, -0.2) is 0 Å². The van der Waals surface area contributed by atoms with Gasteiger partial charge in [0, 0.05) is 6.61 Å². The van der Waals surface area contributed by atoms with Crippen molar-refractivity contribution in [1.29, 1.82) is 0 Å². The van der Waals surface area contributed by atoms with E-state index in [1.165, 1.54) is 96.3 Å². The topological polar surface area (TPSA) is 29.5 Å². The maximum Gasteiger partial charge on any atom is 0.0805 e. The van der Waals surface area contributed by atoms with Crippen molar-refractivity contribution in [3.8, 4) is 0 Å². The smallest absolute Gasteiger partial charge is 0.0805 e. The van der Waals surface area contributed by atoms with Crippen molar-refractivity contribution in [2.45, 2.75) is 129 Å². The lowest BCUT2D eigenvalue weighted by Gasteiger charge is -2.15. The SMILES string of the molecule is CCCCCCCCCCCCOC(CO)CCCCCCCC. The van der Waals surface area contributed by atoms with Gasteiger partial charge < -0.3 is 9.84 Å². The van der Waals surface area contributed by atoms with Gasteiger partial charge in [-0.05, 0) is 12.8 Å². The molecular formula is C22H46O2. The van der Waals surface area contributed by atoms with Crippen LogP contribution in [0.15, 0.2) is 0 Å². The summed E-state index contributed by atoms with van der Waals surface area (Å²) < 4.78 is 5.84. The number of hydrogen-bond donors (Lipinski definition) is 1. The summed E-state index contributed by atoms with van der Waals surface area (Å²) in [6, 6.07) is 0. The minimum Gasteiger partial charge on any atom is -0.394 e. The molecule has 24 heavy (non-hydrogen) atoms. The Bertz CT molecular complexity index is 218. The van der Waals surface area contributed by atoms with Crippen molar-refractivity contribution in [2.24, 2.45) is 0 Å². The second kappa shape index (κ2) is 21.0. The van der Waals surface area contributed by atoms with Gasteiger partial charge in [-0.2, -0.15) is 0 Å².